The summed E-state index contributed by atoms with van der Waals surface area (Å²) in [5, 5.41) is 63.2. The molecule has 2 heterocycles. The maximum atomic E-state index is 15.0. The molecule has 14 unspecified atom stereocenters. The molecule has 0 radical (unpaired) electrons. The quantitative estimate of drug-likeness (QED) is 0.0435. The van der Waals surface area contributed by atoms with Gasteiger partial charge in [0.25, 0.3) is 0 Å². The van der Waals surface area contributed by atoms with Crippen LogP contribution in [0.4, 0.5) is 0 Å². The SMILES string of the molecule is CC(C)CCCC12CC(O)C(O)CC1C(=O)C=C1C2C(CN=C(N)NC(C)O)CC2(C)C3CC(CSSCC(n4ccnc4)CC(C)(C)C(=C4CCCC5(CCCC5)C4)CC(O)C3C)C12O. The highest BCUT2D eigenvalue weighted by Gasteiger charge is 2.72. The van der Waals surface area contributed by atoms with Gasteiger partial charge in [0, 0.05) is 53.7 Å². The van der Waals surface area contributed by atoms with E-state index < -0.39 is 46.9 Å². The van der Waals surface area contributed by atoms with Crippen molar-refractivity contribution in [2.75, 3.05) is 18.1 Å². The summed E-state index contributed by atoms with van der Waals surface area (Å²) in [6.07, 6.45) is 20.0. The number of fused-ring (bicyclic) bond motifs is 9. The van der Waals surface area contributed by atoms with Gasteiger partial charge in [0.1, 0.15) is 6.23 Å². The van der Waals surface area contributed by atoms with Gasteiger partial charge in [-0.05, 0) is 148 Å². The molecule has 6 aliphatic carbocycles. The molecule has 0 amide bonds. The number of guanidine groups is 1. The number of ketones is 1. The molecule has 8 rings (SSSR count). The van der Waals surface area contributed by atoms with Crippen molar-refractivity contribution >= 4 is 33.3 Å². The van der Waals surface area contributed by atoms with Crippen molar-refractivity contribution in [2.24, 2.45) is 73.8 Å². The lowest BCUT2D eigenvalue weighted by molar-refractivity contribution is -0.174. The molecule has 370 valence electrons. The highest BCUT2D eigenvalue weighted by molar-refractivity contribution is 8.76. The van der Waals surface area contributed by atoms with Crippen molar-refractivity contribution in [2.45, 2.75) is 194 Å². The van der Waals surface area contributed by atoms with E-state index in [0.717, 1.165) is 43.4 Å². The summed E-state index contributed by atoms with van der Waals surface area (Å²) in [7, 11) is 3.71. The molecule has 7 aliphatic rings. The van der Waals surface area contributed by atoms with Crippen LogP contribution < -0.4 is 11.1 Å². The lowest BCUT2D eigenvalue weighted by Gasteiger charge is -2.64. The Morgan fingerprint density at radius 2 is 1.73 bits per heavy atom. The van der Waals surface area contributed by atoms with Gasteiger partial charge < -0.3 is 41.2 Å². The average Bonchev–Trinajstić information content (AvgIpc) is 4.00. The molecule has 1 spiro atoms. The van der Waals surface area contributed by atoms with Gasteiger partial charge in [0.05, 0.1) is 30.2 Å². The lowest BCUT2D eigenvalue weighted by atomic mass is 9.41. The van der Waals surface area contributed by atoms with E-state index in [1.54, 1.807) is 18.6 Å². The summed E-state index contributed by atoms with van der Waals surface area (Å²) in [5.41, 5.74) is 7.64. The van der Waals surface area contributed by atoms with Crippen molar-refractivity contribution in [1.82, 2.24) is 14.9 Å². The first-order valence-electron chi connectivity index (χ1n) is 25.9. The van der Waals surface area contributed by atoms with Gasteiger partial charge in [0.2, 0.25) is 0 Å². The number of aromatic nitrogens is 2. The van der Waals surface area contributed by atoms with Gasteiger partial charge in [-0.25, -0.2) is 4.98 Å². The number of hydrogen-bond donors (Lipinski definition) is 7. The number of carbonyl (C=O) groups excluding carboxylic acids is 1. The summed E-state index contributed by atoms with van der Waals surface area (Å²) in [6.45, 7) is 15.7. The maximum absolute atomic E-state index is 15.0. The van der Waals surface area contributed by atoms with E-state index in [1.165, 1.54) is 44.1 Å². The van der Waals surface area contributed by atoms with Crippen LogP contribution in [-0.2, 0) is 4.79 Å². The molecular weight excluding hydrogens is 867 g/mol. The van der Waals surface area contributed by atoms with Crippen LogP contribution in [-0.4, -0.2) is 95.0 Å². The van der Waals surface area contributed by atoms with Crippen LogP contribution in [0.25, 0.3) is 0 Å². The number of hydrogen-bond acceptors (Lipinski definition) is 10. The number of nitrogens with two attached hydrogens (primary N) is 1. The molecular formula is C53H85N5O6S2. The van der Waals surface area contributed by atoms with Crippen LogP contribution in [0.5, 0.6) is 0 Å². The predicted octanol–water partition coefficient (Wildman–Crippen LogP) is 8.76. The van der Waals surface area contributed by atoms with Crippen LogP contribution in [0, 0.1) is 63.1 Å². The zero-order valence-corrected chi connectivity index (χ0v) is 42.9. The Hall–Kier alpha value is -1.87. The number of aliphatic hydroxyl groups excluding tert-OH is 4. The Balaban J connectivity index is 1.25. The Morgan fingerprint density at radius 3 is 2.42 bits per heavy atom. The van der Waals surface area contributed by atoms with E-state index in [-0.39, 0.29) is 65.6 Å². The van der Waals surface area contributed by atoms with Gasteiger partial charge in [-0.2, -0.15) is 0 Å². The van der Waals surface area contributed by atoms with Crippen molar-refractivity contribution in [3.8, 4) is 0 Å². The molecule has 66 heavy (non-hydrogen) atoms. The Morgan fingerprint density at radius 1 is 1.00 bits per heavy atom. The van der Waals surface area contributed by atoms with Crippen molar-refractivity contribution in [3.63, 3.8) is 0 Å². The number of imidazole rings is 1. The third-order valence-electron chi connectivity index (χ3n) is 19.1. The van der Waals surface area contributed by atoms with E-state index in [2.05, 4.69) is 62.6 Å². The summed E-state index contributed by atoms with van der Waals surface area (Å²) in [6, 6.07) is 0.187. The largest absolute Gasteiger partial charge is 0.393 e. The summed E-state index contributed by atoms with van der Waals surface area (Å²) in [5.74, 6) is 0.716. The van der Waals surface area contributed by atoms with Crippen molar-refractivity contribution in [3.05, 3.63) is 41.5 Å². The number of aliphatic hydroxyl groups is 5. The normalized spacial score (nSPS) is 42.3. The third-order valence-corrected chi connectivity index (χ3v) is 21.7. The first-order chi connectivity index (χ1) is 31.2. The summed E-state index contributed by atoms with van der Waals surface area (Å²) in [4.78, 5) is 24.3. The number of carbonyl (C=O) groups is 1. The molecule has 1 saturated heterocycles. The fraction of sp³-hybridized carbons (Fsp3) is 0.830. The second-order valence-electron chi connectivity index (χ2n) is 24.1. The number of rotatable bonds is 8. The van der Waals surface area contributed by atoms with Crippen LogP contribution in [0.3, 0.4) is 0 Å². The minimum Gasteiger partial charge on any atom is -0.393 e. The third kappa shape index (κ3) is 9.40. The van der Waals surface area contributed by atoms with Gasteiger partial charge in [-0.3, -0.25) is 9.79 Å². The maximum Gasteiger partial charge on any atom is 0.190 e. The second kappa shape index (κ2) is 19.7. The first-order valence-corrected chi connectivity index (χ1v) is 28.4. The summed E-state index contributed by atoms with van der Waals surface area (Å²) >= 11 is 0. The van der Waals surface area contributed by atoms with E-state index in [4.69, 9.17) is 10.7 Å². The molecule has 6 fully saturated rings. The Kier molecular flexibility index (Phi) is 15.1. The first kappa shape index (κ1) is 50.5. The minimum absolute atomic E-state index is 0.0515. The molecule has 5 saturated carbocycles. The standard InChI is InChI=1S/C53H85N5O6S2/c1-32(2)12-10-17-52-27-46(63)45(62)22-41(52)44(61)23-42-47(52)36(28-56-48(54)57-34(4)59)24-50(7)39-20-37(53(42,50)64)29-65-66-30-38(58-19-18-55-31-58)26-49(5,6)40(21-43(60)33(39)3)35-13-11-16-51(25-35)14-8-9-15-51/h18-19,23,31-34,36-39,41,43,45-47,59-60,62-64H,8-17,20-22,24-30H2,1-7H3,(H3,54,56,57). The number of aliphatic imine (C=N–C) groups is 1. The van der Waals surface area contributed by atoms with E-state index in [1.807, 2.05) is 34.1 Å². The minimum atomic E-state index is -1.37. The predicted molar refractivity (Wildman–Crippen MR) is 267 cm³/mol. The Bertz CT molecular complexity index is 1960. The molecule has 8 N–H and O–H groups in total. The molecule has 11 nitrogen and oxygen atoms in total. The van der Waals surface area contributed by atoms with Gasteiger partial charge in [0.15, 0.2) is 11.7 Å². The van der Waals surface area contributed by atoms with Crippen molar-refractivity contribution in [1.29, 1.82) is 0 Å². The topological polar surface area (TPSA) is 186 Å². The van der Waals surface area contributed by atoms with Crippen LogP contribution >= 0.6 is 21.6 Å². The van der Waals surface area contributed by atoms with E-state index >= 15 is 0 Å². The lowest BCUT2D eigenvalue weighted by Crippen LogP contribution is -2.66. The molecule has 0 aromatic carbocycles. The van der Waals surface area contributed by atoms with Gasteiger partial charge >= 0.3 is 0 Å². The van der Waals surface area contributed by atoms with Crippen LogP contribution in [0.15, 0.2) is 46.5 Å². The fourth-order valence-corrected chi connectivity index (χ4v) is 18.8. The Labute approximate surface area is 403 Å². The van der Waals surface area contributed by atoms with Crippen molar-refractivity contribution < 1.29 is 30.3 Å². The smallest absolute Gasteiger partial charge is 0.190 e. The number of allylic oxidation sites excluding steroid dienone is 2. The second-order valence-corrected chi connectivity index (χ2v) is 26.7. The van der Waals surface area contributed by atoms with Crippen LogP contribution in [0.2, 0.25) is 0 Å². The monoisotopic (exact) mass is 952 g/mol. The average molecular weight is 952 g/mol. The molecule has 14 atom stereocenters. The molecule has 1 aliphatic heterocycles. The highest BCUT2D eigenvalue weighted by atomic mass is 33.1. The number of nitrogens with one attached hydrogen (secondary N) is 1. The zero-order chi connectivity index (χ0) is 47.4. The van der Waals surface area contributed by atoms with Crippen LogP contribution in [0.1, 0.15) is 164 Å². The zero-order valence-electron chi connectivity index (χ0n) is 41.3. The van der Waals surface area contributed by atoms with Gasteiger partial charge in [-0.15, -0.1) is 0 Å². The van der Waals surface area contributed by atoms with E-state index in [0.29, 0.717) is 49.3 Å². The summed E-state index contributed by atoms with van der Waals surface area (Å²) < 4.78 is 2.28. The van der Waals surface area contributed by atoms with E-state index in [9.17, 15) is 30.3 Å². The molecule has 1 aromatic heterocycles. The highest BCUT2D eigenvalue weighted by Crippen LogP contribution is 2.72. The fourth-order valence-electron chi connectivity index (χ4n) is 16.1. The number of nitrogens with zero attached hydrogens (tertiary/aromatic N) is 3. The molecule has 2 bridgehead atoms. The van der Waals surface area contributed by atoms with Gasteiger partial charge in [-0.1, -0.05) is 100.0 Å². The molecule has 13 heteroatoms. The molecule has 1 aromatic rings.